The molecule has 10 heavy (non-hydrogen) atoms. The normalized spacial score (nSPS) is 17.3. The third kappa shape index (κ3) is 3.39. The Kier molecular flexibility index (Phi) is 5.24. The Hall–Kier alpha value is 0.980. The fraction of sp³-hybridized carbons (Fsp3) is 1.00. The Labute approximate surface area is 74.3 Å². The highest BCUT2D eigenvalue weighted by Gasteiger charge is 2.22. The maximum Gasteiger partial charge on any atom is 0.306 e. The third-order valence-electron chi connectivity index (χ3n) is 0.713. The Morgan fingerprint density at radius 2 is 2.20 bits per heavy atom. The van der Waals surface area contributed by atoms with Crippen molar-refractivity contribution >= 4 is 42.7 Å². The van der Waals surface area contributed by atoms with Gasteiger partial charge in [0.05, 0.1) is 0 Å². The van der Waals surface area contributed by atoms with Gasteiger partial charge < -0.3 is 0 Å². The van der Waals surface area contributed by atoms with Crippen molar-refractivity contribution in [2.75, 3.05) is 12.4 Å². The third-order valence-corrected chi connectivity index (χ3v) is 3.54. The Morgan fingerprint density at radius 1 is 1.70 bits per heavy atom. The predicted molar refractivity (Wildman–Crippen MR) is 44.1 cm³/mol. The molecule has 0 aromatic carbocycles. The van der Waals surface area contributed by atoms with E-state index >= 15 is 0 Å². The molecule has 0 saturated heterocycles. The summed E-state index contributed by atoms with van der Waals surface area (Å²) < 4.78 is 13.7. The smallest absolute Gasteiger partial charge is 0.269 e. The molecule has 1 unspecified atom stereocenters. The molecule has 4 nitrogen and oxygen atoms in total. The molecular weight excluding hydrogens is 219 g/mol. The second kappa shape index (κ2) is 4.78. The van der Waals surface area contributed by atoms with Crippen LogP contribution >= 0.6 is 42.7 Å². The van der Waals surface area contributed by atoms with E-state index in [9.17, 15) is 4.57 Å². The minimum atomic E-state index is -3.25. The molecule has 0 aliphatic heterocycles. The van der Waals surface area contributed by atoms with E-state index < -0.39 is 7.59 Å². The number of halogens is 3. The Morgan fingerprint density at radius 3 is 2.50 bits per heavy atom. The van der Waals surface area contributed by atoms with Crippen LogP contribution in [0.4, 0.5) is 0 Å². The largest absolute Gasteiger partial charge is 0.306 e. The van der Waals surface area contributed by atoms with Crippen molar-refractivity contribution in [1.29, 1.82) is 0 Å². The quantitative estimate of drug-likeness (QED) is 0.433. The molecule has 0 aromatic heterocycles. The van der Waals surface area contributed by atoms with Crippen molar-refractivity contribution in [2.24, 2.45) is 5.50 Å². The first-order valence-corrected chi connectivity index (χ1v) is 5.29. The molecule has 0 aliphatic carbocycles. The molecule has 0 rings (SSSR count). The van der Waals surface area contributed by atoms with Crippen molar-refractivity contribution in [1.82, 2.24) is 8.80 Å². The number of nitrogens with zero attached hydrogens (tertiary/aromatic N) is 1. The number of alkyl halides is 1. The van der Waals surface area contributed by atoms with Crippen LogP contribution in [0.1, 0.15) is 0 Å². The standard InChI is InChI=1S/C2H7Cl3N3OP/c3-1-2-8(5)10(6,9)7-4/h1-2H2,(H3,6,7,9). The van der Waals surface area contributed by atoms with Crippen molar-refractivity contribution < 1.29 is 4.57 Å². The number of hydrogen-bond donors (Lipinski definition) is 2. The molecule has 0 spiro atoms. The Bertz CT molecular complexity index is 144. The van der Waals surface area contributed by atoms with Crippen LogP contribution in [-0.2, 0) is 4.57 Å². The summed E-state index contributed by atoms with van der Waals surface area (Å²) in [5.74, 6) is 0.239. The van der Waals surface area contributed by atoms with Crippen LogP contribution in [0.3, 0.4) is 0 Å². The summed E-state index contributed by atoms with van der Waals surface area (Å²) in [5, 5.41) is 0. The first-order valence-electron chi connectivity index (χ1n) is 2.31. The summed E-state index contributed by atoms with van der Waals surface area (Å²) in [6.07, 6.45) is 0. The van der Waals surface area contributed by atoms with Gasteiger partial charge in [-0.05, 0) is 23.6 Å². The van der Waals surface area contributed by atoms with E-state index in [2.05, 4.69) is 0 Å². The highest BCUT2D eigenvalue weighted by Crippen LogP contribution is 2.38. The molecule has 0 aromatic rings. The maximum absolute atomic E-state index is 10.9. The second-order valence-electron chi connectivity index (χ2n) is 1.46. The van der Waals surface area contributed by atoms with Gasteiger partial charge >= 0.3 is 7.59 Å². The molecule has 0 saturated carbocycles. The van der Waals surface area contributed by atoms with Gasteiger partial charge in [-0.2, -0.15) is 4.61 Å². The summed E-state index contributed by atoms with van der Waals surface area (Å²) >= 11 is 15.7. The minimum Gasteiger partial charge on any atom is -0.269 e. The van der Waals surface area contributed by atoms with Gasteiger partial charge in [0.15, 0.2) is 0 Å². The van der Waals surface area contributed by atoms with Gasteiger partial charge in [0.25, 0.3) is 0 Å². The zero-order valence-electron chi connectivity index (χ0n) is 4.93. The molecule has 1 atom stereocenters. The summed E-state index contributed by atoms with van der Waals surface area (Å²) in [5.41, 5.74) is 5.09. The summed E-state index contributed by atoms with van der Waals surface area (Å²) in [7, 11) is -3.25. The zero-order chi connectivity index (χ0) is 8.20. The van der Waals surface area contributed by atoms with Crippen LogP contribution in [0.25, 0.3) is 0 Å². The van der Waals surface area contributed by atoms with E-state index in [-0.39, 0.29) is 12.4 Å². The van der Waals surface area contributed by atoms with Crippen LogP contribution < -0.4 is 10.1 Å². The van der Waals surface area contributed by atoms with E-state index in [4.69, 9.17) is 40.7 Å². The van der Waals surface area contributed by atoms with Gasteiger partial charge in [0, 0.05) is 12.4 Å². The highest BCUT2D eigenvalue weighted by atomic mass is 35.5. The fourth-order valence-corrected chi connectivity index (χ4v) is 1.70. The summed E-state index contributed by atoms with van der Waals surface area (Å²) in [6.45, 7) is 0.205. The summed E-state index contributed by atoms with van der Waals surface area (Å²) in [6, 6.07) is 0. The number of nitrogens with two attached hydrogens (primary N) is 1. The molecule has 62 valence electrons. The molecule has 0 amide bonds. The molecule has 0 heterocycles. The van der Waals surface area contributed by atoms with E-state index in [0.717, 1.165) is 4.19 Å². The first kappa shape index (κ1) is 11.0. The van der Waals surface area contributed by atoms with Crippen LogP contribution in [0.5, 0.6) is 0 Å². The lowest BCUT2D eigenvalue weighted by Crippen LogP contribution is -2.22. The SMILES string of the molecule is NP(=O)(NCl)N(Cl)CCCl. The van der Waals surface area contributed by atoms with E-state index in [0.29, 0.717) is 0 Å². The van der Waals surface area contributed by atoms with Crippen molar-refractivity contribution in [2.45, 2.75) is 0 Å². The first-order chi connectivity index (χ1) is 4.54. The predicted octanol–water partition coefficient (Wildman–Crippen LogP) is 1.49. The molecule has 8 heteroatoms. The van der Waals surface area contributed by atoms with Gasteiger partial charge in [-0.3, -0.25) is 10.1 Å². The highest BCUT2D eigenvalue weighted by molar-refractivity contribution is 7.59. The van der Waals surface area contributed by atoms with Crippen molar-refractivity contribution in [3.63, 3.8) is 0 Å². The zero-order valence-corrected chi connectivity index (χ0v) is 8.09. The molecular formula is C2H7Cl3N3OP. The van der Waals surface area contributed by atoms with E-state index in [1.54, 1.807) is 0 Å². The van der Waals surface area contributed by atoms with Crippen LogP contribution in [0, 0.1) is 0 Å². The van der Waals surface area contributed by atoms with Gasteiger partial charge in [-0.25, -0.2) is 0 Å². The van der Waals surface area contributed by atoms with Crippen LogP contribution in [-0.4, -0.2) is 16.6 Å². The van der Waals surface area contributed by atoms with Crippen LogP contribution in [0.2, 0.25) is 0 Å². The summed E-state index contributed by atoms with van der Waals surface area (Å²) in [4.78, 5) is 0. The fourth-order valence-electron chi connectivity index (χ4n) is 0.259. The average molecular weight is 226 g/mol. The van der Waals surface area contributed by atoms with E-state index in [1.807, 2.05) is 4.61 Å². The molecule has 0 fully saturated rings. The Balaban J connectivity index is 3.91. The minimum absolute atomic E-state index is 0.205. The molecule has 0 bridgehead atoms. The lowest BCUT2D eigenvalue weighted by atomic mass is 10.8. The molecule has 3 N–H and O–H groups in total. The molecule has 0 radical (unpaired) electrons. The van der Waals surface area contributed by atoms with Gasteiger partial charge in [-0.1, -0.05) is 0 Å². The number of hydrogen-bond acceptors (Lipinski definition) is 1. The lowest BCUT2D eigenvalue weighted by Gasteiger charge is -2.17. The van der Waals surface area contributed by atoms with Gasteiger partial charge in [0.2, 0.25) is 0 Å². The van der Waals surface area contributed by atoms with Crippen molar-refractivity contribution in [3.8, 4) is 0 Å². The average Bonchev–Trinajstić information content (AvgIpc) is 1.89. The second-order valence-corrected chi connectivity index (χ2v) is 4.88. The van der Waals surface area contributed by atoms with E-state index in [1.165, 1.54) is 0 Å². The van der Waals surface area contributed by atoms with Crippen LogP contribution in [0.15, 0.2) is 0 Å². The molecule has 0 aliphatic rings. The number of rotatable bonds is 4. The maximum atomic E-state index is 10.9. The van der Waals surface area contributed by atoms with Crippen molar-refractivity contribution in [3.05, 3.63) is 0 Å². The number of nitrogens with one attached hydrogen (secondary N) is 1. The monoisotopic (exact) mass is 225 g/mol. The topological polar surface area (TPSA) is 58.4 Å². The van der Waals surface area contributed by atoms with Gasteiger partial charge in [0.1, 0.15) is 0 Å². The lowest BCUT2D eigenvalue weighted by molar-refractivity contribution is 0.534. The van der Waals surface area contributed by atoms with Gasteiger partial charge in [-0.15, -0.1) is 15.8 Å².